The molecule has 0 saturated carbocycles. The molecule has 0 radical (unpaired) electrons. The van der Waals surface area contributed by atoms with Crippen molar-refractivity contribution in [2.24, 2.45) is 0 Å². The monoisotopic (exact) mass is 472 g/mol. The molecule has 1 aliphatic heterocycles. The highest BCUT2D eigenvalue weighted by Gasteiger charge is 2.32. The number of carbonyl (C=O) groups excluding carboxylic acids is 1. The SMILES string of the molecule is O=C(OCc1ccc([N+](=O)[O-])cc1)c1ccc(Cl)c(S(=O)(=O)N2CCc3ccccc32)c1. The normalized spacial score (nSPS) is 13.0. The summed E-state index contributed by atoms with van der Waals surface area (Å²) in [6.07, 6.45) is 0.587. The molecule has 0 N–H and O–H groups in total. The summed E-state index contributed by atoms with van der Waals surface area (Å²) in [7, 11) is -3.99. The number of carbonyl (C=O) groups is 1. The number of benzene rings is 3. The molecular formula is C22H17ClN2O6S. The Balaban J connectivity index is 1.54. The van der Waals surface area contributed by atoms with Crippen LogP contribution in [0.15, 0.2) is 71.6 Å². The number of hydrogen-bond acceptors (Lipinski definition) is 6. The molecule has 8 nitrogen and oxygen atoms in total. The Morgan fingerprint density at radius 3 is 2.53 bits per heavy atom. The Labute approximate surface area is 189 Å². The minimum atomic E-state index is -3.99. The van der Waals surface area contributed by atoms with Gasteiger partial charge in [-0.05, 0) is 53.9 Å². The van der Waals surface area contributed by atoms with Crippen molar-refractivity contribution in [3.63, 3.8) is 0 Å². The summed E-state index contributed by atoms with van der Waals surface area (Å²) in [4.78, 5) is 22.5. The molecule has 1 aliphatic rings. The minimum Gasteiger partial charge on any atom is -0.457 e. The first kappa shape index (κ1) is 21.8. The zero-order chi connectivity index (χ0) is 22.9. The molecule has 0 amide bonds. The summed E-state index contributed by atoms with van der Waals surface area (Å²) in [6, 6.07) is 16.7. The maximum absolute atomic E-state index is 13.3. The lowest BCUT2D eigenvalue weighted by Crippen LogP contribution is -2.29. The molecule has 0 spiro atoms. The van der Waals surface area contributed by atoms with Crippen LogP contribution in [0, 0.1) is 10.1 Å². The number of fused-ring (bicyclic) bond motifs is 1. The third-order valence-electron chi connectivity index (χ3n) is 5.10. The number of nitro benzene ring substituents is 1. The van der Waals surface area contributed by atoms with Gasteiger partial charge in [-0.3, -0.25) is 14.4 Å². The summed E-state index contributed by atoms with van der Waals surface area (Å²) in [5.74, 6) is -0.738. The third kappa shape index (κ3) is 4.17. The first-order valence-corrected chi connectivity index (χ1v) is 11.4. The van der Waals surface area contributed by atoms with Crippen LogP contribution in [0.5, 0.6) is 0 Å². The molecule has 164 valence electrons. The number of nitrogens with zero attached hydrogens (tertiary/aromatic N) is 2. The molecule has 10 heteroatoms. The van der Waals surface area contributed by atoms with Gasteiger partial charge in [-0.1, -0.05) is 29.8 Å². The molecule has 32 heavy (non-hydrogen) atoms. The maximum Gasteiger partial charge on any atom is 0.338 e. The zero-order valence-electron chi connectivity index (χ0n) is 16.6. The number of nitro groups is 1. The molecule has 0 atom stereocenters. The van der Waals surface area contributed by atoms with Crippen LogP contribution >= 0.6 is 11.6 Å². The van der Waals surface area contributed by atoms with Gasteiger partial charge in [-0.15, -0.1) is 0 Å². The molecule has 0 aromatic heterocycles. The maximum atomic E-state index is 13.3. The van der Waals surface area contributed by atoms with Crippen molar-refractivity contribution < 1.29 is 22.9 Å². The Hall–Kier alpha value is -3.43. The average molecular weight is 473 g/mol. The number of hydrogen-bond donors (Lipinski definition) is 0. The van der Waals surface area contributed by atoms with Crippen LogP contribution in [-0.2, 0) is 27.8 Å². The van der Waals surface area contributed by atoms with Crippen molar-refractivity contribution in [3.05, 3.63) is 98.6 Å². The lowest BCUT2D eigenvalue weighted by Gasteiger charge is -2.20. The van der Waals surface area contributed by atoms with Gasteiger partial charge in [0.05, 0.1) is 21.2 Å². The summed E-state index contributed by atoms with van der Waals surface area (Å²) in [5.41, 5.74) is 2.03. The van der Waals surface area contributed by atoms with Gasteiger partial charge >= 0.3 is 5.97 Å². The van der Waals surface area contributed by atoms with Gasteiger partial charge in [-0.25, -0.2) is 13.2 Å². The number of sulfonamides is 1. The topological polar surface area (TPSA) is 107 Å². The molecule has 0 aliphatic carbocycles. The van der Waals surface area contributed by atoms with E-state index in [1.807, 2.05) is 12.1 Å². The van der Waals surface area contributed by atoms with Gasteiger partial charge in [0, 0.05) is 18.7 Å². The number of non-ortho nitro benzene ring substituents is 1. The van der Waals surface area contributed by atoms with Crippen LogP contribution in [-0.4, -0.2) is 25.9 Å². The number of para-hydroxylation sites is 1. The van der Waals surface area contributed by atoms with Crippen molar-refractivity contribution in [2.75, 3.05) is 10.8 Å². The Morgan fingerprint density at radius 1 is 1.09 bits per heavy atom. The van der Waals surface area contributed by atoms with Crippen LogP contribution in [0.3, 0.4) is 0 Å². The van der Waals surface area contributed by atoms with Crippen LogP contribution in [0.2, 0.25) is 5.02 Å². The Bertz CT molecular complexity index is 1310. The second-order valence-electron chi connectivity index (χ2n) is 7.10. The van der Waals surface area contributed by atoms with Gasteiger partial charge in [0.15, 0.2) is 0 Å². The summed E-state index contributed by atoms with van der Waals surface area (Å²) in [6.45, 7) is 0.161. The van der Waals surface area contributed by atoms with E-state index in [2.05, 4.69) is 0 Å². The van der Waals surface area contributed by atoms with Crippen molar-refractivity contribution in [2.45, 2.75) is 17.9 Å². The van der Waals surface area contributed by atoms with E-state index in [9.17, 15) is 23.3 Å². The predicted octanol–water partition coefficient (Wildman–Crippen LogP) is 4.36. The van der Waals surface area contributed by atoms with E-state index in [-0.39, 0.29) is 34.3 Å². The molecule has 3 aromatic rings. The van der Waals surface area contributed by atoms with Crippen LogP contribution in [0.1, 0.15) is 21.5 Å². The van der Waals surface area contributed by atoms with Crippen molar-refractivity contribution in [1.82, 2.24) is 0 Å². The van der Waals surface area contributed by atoms with E-state index in [4.69, 9.17) is 16.3 Å². The van der Waals surface area contributed by atoms with Gasteiger partial charge in [-0.2, -0.15) is 0 Å². The molecule has 1 heterocycles. The van der Waals surface area contributed by atoms with Crippen LogP contribution in [0.25, 0.3) is 0 Å². The van der Waals surface area contributed by atoms with Gasteiger partial charge in [0.25, 0.3) is 15.7 Å². The van der Waals surface area contributed by atoms with Crippen LogP contribution < -0.4 is 4.31 Å². The van der Waals surface area contributed by atoms with E-state index in [0.717, 1.165) is 5.56 Å². The van der Waals surface area contributed by atoms with E-state index in [1.54, 1.807) is 12.1 Å². The second kappa shape index (κ2) is 8.60. The number of ether oxygens (including phenoxy) is 1. The molecule has 0 saturated heterocycles. The Morgan fingerprint density at radius 2 is 1.81 bits per heavy atom. The fraction of sp³-hybridized carbons (Fsp3) is 0.136. The lowest BCUT2D eigenvalue weighted by molar-refractivity contribution is -0.384. The van der Waals surface area contributed by atoms with Crippen LogP contribution in [0.4, 0.5) is 11.4 Å². The highest BCUT2D eigenvalue weighted by molar-refractivity contribution is 7.93. The molecule has 4 rings (SSSR count). The summed E-state index contributed by atoms with van der Waals surface area (Å²) in [5, 5.41) is 10.7. The number of anilines is 1. The first-order valence-electron chi connectivity index (χ1n) is 9.58. The number of esters is 1. The number of halogens is 1. The fourth-order valence-electron chi connectivity index (χ4n) is 3.45. The zero-order valence-corrected chi connectivity index (χ0v) is 18.2. The fourth-order valence-corrected chi connectivity index (χ4v) is 5.46. The Kier molecular flexibility index (Phi) is 5.86. The standard InChI is InChI=1S/C22H17ClN2O6S/c23-19-10-7-17(22(26)31-14-15-5-8-18(9-6-15)25(27)28)13-21(19)32(29,30)24-12-11-16-3-1-2-4-20(16)24/h1-10,13H,11-12,14H2. The average Bonchev–Trinajstić information content (AvgIpc) is 3.23. The third-order valence-corrected chi connectivity index (χ3v) is 7.39. The van der Waals surface area contributed by atoms with Crippen molar-refractivity contribution in [3.8, 4) is 0 Å². The lowest BCUT2D eigenvalue weighted by atomic mass is 10.2. The van der Waals surface area contributed by atoms with E-state index < -0.39 is 20.9 Å². The molecule has 0 bridgehead atoms. The molecular weight excluding hydrogens is 456 g/mol. The van der Waals surface area contributed by atoms with Gasteiger partial charge in [0.1, 0.15) is 11.5 Å². The predicted molar refractivity (Wildman–Crippen MR) is 118 cm³/mol. The van der Waals surface area contributed by atoms with Crippen molar-refractivity contribution >= 4 is 39.0 Å². The van der Waals surface area contributed by atoms with Gasteiger partial charge < -0.3 is 4.74 Å². The van der Waals surface area contributed by atoms with E-state index in [1.165, 1.54) is 46.8 Å². The van der Waals surface area contributed by atoms with E-state index >= 15 is 0 Å². The first-order chi connectivity index (χ1) is 15.3. The highest BCUT2D eigenvalue weighted by atomic mass is 35.5. The quantitative estimate of drug-likeness (QED) is 0.300. The second-order valence-corrected chi connectivity index (χ2v) is 9.34. The van der Waals surface area contributed by atoms with E-state index in [0.29, 0.717) is 17.7 Å². The summed E-state index contributed by atoms with van der Waals surface area (Å²) < 4.78 is 33.1. The largest absolute Gasteiger partial charge is 0.457 e. The van der Waals surface area contributed by atoms with Crippen molar-refractivity contribution in [1.29, 1.82) is 0 Å². The molecule has 0 unspecified atom stereocenters. The minimum absolute atomic E-state index is 0.00120. The smallest absolute Gasteiger partial charge is 0.338 e. The summed E-state index contributed by atoms with van der Waals surface area (Å²) >= 11 is 6.19. The van der Waals surface area contributed by atoms with Gasteiger partial charge in [0.2, 0.25) is 0 Å². The molecule has 3 aromatic carbocycles. The number of rotatable bonds is 6. The molecule has 0 fully saturated rings. The highest BCUT2D eigenvalue weighted by Crippen LogP contribution is 2.35.